The minimum absolute atomic E-state index is 0.00479. The molecule has 5 nitrogen and oxygen atoms in total. The van der Waals surface area contributed by atoms with Crippen LogP contribution in [0, 0.1) is 13.8 Å². The molecule has 0 fully saturated rings. The third kappa shape index (κ3) is 4.09. The maximum absolute atomic E-state index is 12.6. The predicted molar refractivity (Wildman–Crippen MR) is 121 cm³/mol. The van der Waals surface area contributed by atoms with E-state index in [-0.39, 0.29) is 18.4 Å². The molecule has 2 amide bonds. The van der Waals surface area contributed by atoms with Crippen LogP contribution < -0.4 is 15.0 Å². The minimum Gasteiger partial charge on any atom is -0.482 e. The predicted octanol–water partition coefficient (Wildman–Crippen LogP) is 5.24. The molecule has 0 saturated heterocycles. The summed E-state index contributed by atoms with van der Waals surface area (Å²) in [6.45, 7) is 4.41. The van der Waals surface area contributed by atoms with Crippen LogP contribution in [0.5, 0.6) is 5.75 Å². The smallest absolute Gasteiger partial charge is 0.262 e. The Kier molecular flexibility index (Phi) is 5.59. The number of halogens is 1. The number of nitrogens with one attached hydrogen (secondary N) is 1. The number of carbonyl (C=O) groups is 2. The van der Waals surface area contributed by atoms with Gasteiger partial charge in [0, 0.05) is 16.9 Å². The maximum Gasteiger partial charge on any atom is 0.262 e. The Morgan fingerprint density at radius 1 is 1.10 bits per heavy atom. The van der Waals surface area contributed by atoms with Crippen molar-refractivity contribution in [2.75, 3.05) is 16.8 Å². The van der Waals surface area contributed by atoms with Gasteiger partial charge in [-0.05, 0) is 82.9 Å². The van der Waals surface area contributed by atoms with Crippen LogP contribution in [0.2, 0.25) is 0 Å². The summed E-state index contributed by atoms with van der Waals surface area (Å²) in [5.74, 6) is 0.410. The summed E-state index contributed by atoms with van der Waals surface area (Å²) in [4.78, 5) is 26.6. The number of amides is 2. The number of hydrogen-bond acceptors (Lipinski definition) is 3. The summed E-state index contributed by atoms with van der Waals surface area (Å²) in [5, 5.41) is 2.83. The molecule has 3 aromatic rings. The first kappa shape index (κ1) is 20.2. The van der Waals surface area contributed by atoms with E-state index in [9.17, 15) is 9.59 Å². The Labute approximate surface area is 183 Å². The summed E-state index contributed by atoms with van der Waals surface area (Å²) in [7, 11) is 0. The molecule has 0 radical (unpaired) electrons. The average Bonchev–Trinajstić information content (AvgIpc) is 3.05. The van der Waals surface area contributed by atoms with Crippen LogP contribution in [-0.2, 0) is 11.3 Å². The summed E-state index contributed by atoms with van der Waals surface area (Å²) < 4.78 is 6.53. The van der Waals surface area contributed by atoms with Gasteiger partial charge in [0.1, 0.15) is 5.75 Å². The number of rotatable bonds is 5. The van der Waals surface area contributed by atoms with Gasteiger partial charge < -0.3 is 15.0 Å². The van der Waals surface area contributed by atoms with E-state index >= 15 is 0 Å². The standard InChI is InChI=1S/C24H21BrN2O3/c1-15-11-16(2)23(21(25)12-15)30-14-22(28)26-18-7-9-19(10-8-18)27-13-17-5-3-4-6-20(17)24(27)29/h3-12H,13-14H2,1-2H3,(H,26,28). The number of ether oxygens (including phenoxy) is 1. The number of hydrogen-bond donors (Lipinski definition) is 1. The van der Waals surface area contributed by atoms with Gasteiger partial charge >= 0.3 is 0 Å². The van der Waals surface area contributed by atoms with Crippen molar-refractivity contribution in [2.24, 2.45) is 0 Å². The molecule has 152 valence electrons. The fraction of sp³-hybridized carbons (Fsp3) is 0.167. The molecule has 1 N–H and O–H groups in total. The van der Waals surface area contributed by atoms with Crippen LogP contribution in [0.1, 0.15) is 27.0 Å². The minimum atomic E-state index is -0.251. The number of anilines is 2. The van der Waals surface area contributed by atoms with E-state index in [1.54, 1.807) is 17.0 Å². The summed E-state index contributed by atoms with van der Waals surface area (Å²) in [6.07, 6.45) is 0. The SMILES string of the molecule is Cc1cc(C)c(OCC(=O)Nc2ccc(N3Cc4ccccc4C3=O)cc2)c(Br)c1. The molecule has 6 heteroatoms. The molecule has 0 spiro atoms. The highest BCUT2D eigenvalue weighted by Gasteiger charge is 2.27. The third-order valence-electron chi connectivity index (χ3n) is 5.01. The fourth-order valence-electron chi connectivity index (χ4n) is 3.61. The van der Waals surface area contributed by atoms with Gasteiger partial charge in [0.2, 0.25) is 0 Å². The second-order valence-corrected chi connectivity index (χ2v) is 8.18. The molecule has 1 aliphatic rings. The van der Waals surface area contributed by atoms with Crippen LogP contribution in [0.15, 0.2) is 65.1 Å². The lowest BCUT2D eigenvalue weighted by atomic mass is 10.1. The molecule has 4 rings (SSSR count). The number of nitrogens with zero attached hydrogens (tertiary/aromatic N) is 1. The molecule has 0 atom stereocenters. The lowest BCUT2D eigenvalue weighted by Gasteiger charge is -2.16. The number of fused-ring (bicyclic) bond motifs is 1. The van der Waals surface area contributed by atoms with Crippen LogP contribution in [0.25, 0.3) is 0 Å². The lowest BCUT2D eigenvalue weighted by Crippen LogP contribution is -2.23. The molecule has 0 aliphatic carbocycles. The van der Waals surface area contributed by atoms with Gasteiger partial charge in [-0.1, -0.05) is 24.3 Å². The highest BCUT2D eigenvalue weighted by Crippen LogP contribution is 2.31. The lowest BCUT2D eigenvalue weighted by molar-refractivity contribution is -0.118. The number of aryl methyl sites for hydroxylation is 2. The van der Waals surface area contributed by atoms with Gasteiger partial charge in [-0.2, -0.15) is 0 Å². The van der Waals surface area contributed by atoms with Crippen LogP contribution >= 0.6 is 15.9 Å². The van der Waals surface area contributed by atoms with Crippen LogP contribution in [0.4, 0.5) is 11.4 Å². The van der Waals surface area contributed by atoms with E-state index < -0.39 is 0 Å². The largest absolute Gasteiger partial charge is 0.482 e. The molecular formula is C24H21BrN2O3. The van der Waals surface area contributed by atoms with Crippen molar-refractivity contribution in [2.45, 2.75) is 20.4 Å². The van der Waals surface area contributed by atoms with Gasteiger partial charge in [-0.25, -0.2) is 0 Å². The zero-order valence-corrected chi connectivity index (χ0v) is 18.3. The van der Waals surface area contributed by atoms with Crippen molar-refractivity contribution >= 4 is 39.1 Å². The van der Waals surface area contributed by atoms with Gasteiger partial charge in [0.25, 0.3) is 11.8 Å². The van der Waals surface area contributed by atoms with Crippen molar-refractivity contribution < 1.29 is 14.3 Å². The van der Waals surface area contributed by atoms with Gasteiger partial charge in [-0.3, -0.25) is 9.59 Å². The Bertz CT molecular complexity index is 1100. The van der Waals surface area contributed by atoms with Crippen molar-refractivity contribution in [1.82, 2.24) is 0 Å². The highest BCUT2D eigenvalue weighted by atomic mass is 79.9. The first-order valence-corrected chi connectivity index (χ1v) is 10.4. The second-order valence-electron chi connectivity index (χ2n) is 7.32. The molecule has 1 aliphatic heterocycles. The van der Waals surface area contributed by atoms with Crippen LogP contribution in [-0.4, -0.2) is 18.4 Å². The zero-order chi connectivity index (χ0) is 21.3. The Balaban J connectivity index is 1.37. The zero-order valence-electron chi connectivity index (χ0n) is 16.7. The van der Waals surface area contributed by atoms with E-state index in [1.165, 1.54) is 0 Å². The van der Waals surface area contributed by atoms with Gasteiger partial charge in [-0.15, -0.1) is 0 Å². The quantitative estimate of drug-likeness (QED) is 0.561. The monoisotopic (exact) mass is 464 g/mol. The summed E-state index contributed by atoms with van der Waals surface area (Å²) in [6, 6.07) is 18.8. The van der Waals surface area contributed by atoms with E-state index in [1.807, 2.05) is 62.4 Å². The summed E-state index contributed by atoms with van der Waals surface area (Å²) >= 11 is 3.48. The van der Waals surface area contributed by atoms with E-state index in [0.29, 0.717) is 18.0 Å². The third-order valence-corrected chi connectivity index (χ3v) is 5.59. The van der Waals surface area contributed by atoms with Crippen molar-refractivity contribution in [3.63, 3.8) is 0 Å². The average molecular weight is 465 g/mol. The Morgan fingerprint density at radius 2 is 1.83 bits per heavy atom. The fourth-order valence-corrected chi connectivity index (χ4v) is 4.40. The topological polar surface area (TPSA) is 58.6 Å². The molecular weight excluding hydrogens is 444 g/mol. The van der Waals surface area contributed by atoms with E-state index in [4.69, 9.17) is 4.74 Å². The normalized spacial score (nSPS) is 12.6. The maximum atomic E-state index is 12.6. The van der Waals surface area contributed by atoms with Crippen molar-refractivity contribution in [3.8, 4) is 5.75 Å². The first-order chi connectivity index (χ1) is 14.4. The van der Waals surface area contributed by atoms with Crippen molar-refractivity contribution in [3.05, 3.63) is 87.4 Å². The van der Waals surface area contributed by atoms with E-state index in [0.717, 1.165) is 32.4 Å². The Hall–Kier alpha value is -3.12. The molecule has 30 heavy (non-hydrogen) atoms. The molecule has 0 saturated carbocycles. The van der Waals surface area contributed by atoms with E-state index in [2.05, 4.69) is 21.2 Å². The van der Waals surface area contributed by atoms with Gasteiger partial charge in [0.05, 0.1) is 11.0 Å². The highest BCUT2D eigenvalue weighted by molar-refractivity contribution is 9.10. The molecule has 0 aromatic heterocycles. The number of benzene rings is 3. The first-order valence-electron chi connectivity index (χ1n) is 9.61. The molecule has 3 aromatic carbocycles. The van der Waals surface area contributed by atoms with Gasteiger partial charge in [0.15, 0.2) is 6.61 Å². The molecule has 0 bridgehead atoms. The summed E-state index contributed by atoms with van der Waals surface area (Å²) in [5.41, 5.74) is 5.30. The molecule has 0 unspecified atom stereocenters. The second kappa shape index (κ2) is 8.32. The van der Waals surface area contributed by atoms with Crippen LogP contribution in [0.3, 0.4) is 0 Å². The molecule has 1 heterocycles. The number of carbonyl (C=O) groups excluding carboxylic acids is 2. The van der Waals surface area contributed by atoms with Crippen molar-refractivity contribution in [1.29, 1.82) is 0 Å². The Morgan fingerprint density at radius 3 is 2.53 bits per heavy atom.